The van der Waals surface area contributed by atoms with E-state index in [9.17, 15) is 4.79 Å². The van der Waals surface area contributed by atoms with Crippen molar-refractivity contribution in [1.29, 1.82) is 0 Å². The standard InChI is InChI=1S/C17H23ClN6O2/c1-3-11-14(18)23-15(21-11)16(25)22-12-6-9-24(10-13(12)26-4-2)17-19-7-5-8-20-17/h5,7-8,12-13H,3-4,6,9-10H2,1-2H3,(H,21,23)(H,22,25)/t12-,13+/m1/s1. The lowest BCUT2D eigenvalue weighted by Crippen LogP contribution is -2.55. The maximum Gasteiger partial charge on any atom is 0.287 e. The number of hydrogen-bond acceptors (Lipinski definition) is 6. The van der Waals surface area contributed by atoms with Crippen molar-refractivity contribution in [2.24, 2.45) is 0 Å². The Morgan fingerprint density at radius 2 is 2.19 bits per heavy atom. The van der Waals surface area contributed by atoms with E-state index in [0.29, 0.717) is 30.7 Å². The van der Waals surface area contributed by atoms with E-state index in [0.717, 1.165) is 18.7 Å². The Kier molecular flexibility index (Phi) is 6.05. The van der Waals surface area contributed by atoms with Gasteiger partial charge in [0.1, 0.15) is 0 Å². The number of carbonyl (C=O) groups excluding carboxylic acids is 1. The summed E-state index contributed by atoms with van der Waals surface area (Å²) in [7, 11) is 0. The highest BCUT2D eigenvalue weighted by molar-refractivity contribution is 6.30. The number of piperidine rings is 1. The van der Waals surface area contributed by atoms with Gasteiger partial charge in [-0.15, -0.1) is 0 Å². The number of aromatic amines is 1. The number of amides is 1. The van der Waals surface area contributed by atoms with Crippen LogP contribution in [0.15, 0.2) is 18.5 Å². The second-order valence-electron chi connectivity index (χ2n) is 6.07. The van der Waals surface area contributed by atoms with Gasteiger partial charge in [0.05, 0.1) is 17.8 Å². The molecule has 8 nitrogen and oxygen atoms in total. The lowest BCUT2D eigenvalue weighted by atomic mass is 10.0. The van der Waals surface area contributed by atoms with Crippen LogP contribution < -0.4 is 10.2 Å². The second kappa shape index (κ2) is 8.46. The molecule has 2 aromatic rings. The fraction of sp³-hybridized carbons (Fsp3) is 0.529. The first-order valence-corrected chi connectivity index (χ1v) is 9.19. The molecule has 0 spiro atoms. The number of hydrogen-bond donors (Lipinski definition) is 2. The van der Waals surface area contributed by atoms with Gasteiger partial charge in [-0.1, -0.05) is 18.5 Å². The molecular formula is C17H23ClN6O2. The number of aromatic nitrogens is 4. The maximum atomic E-state index is 12.5. The molecule has 1 fully saturated rings. The van der Waals surface area contributed by atoms with Crippen LogP contribution in [0.1, 0.15) is 36.6 Å². The molecular weight excluding hydrogens is 356 g/mol. The lowest BCUT2D eigenvalue weighted by molar-refractivity contribution is 0.0269. The summed E-state index contributed by atoms with van der Waals surface area (Å²) in [4.78, 5) is 30.3. The predicted molar refractivity (Wildman–Crippen MR) is 98.5 cm³/mol. The maximum absolute atomic E-state index is 12.5. The van der Waals surface area contributed by atoms with Gasteiger partial charge < -0.3 is 19.9 Å². The number of H-pyrrole nitrogens is 1. The van der Waals surface area contributed by atoms with Crippen molar-refractivity contribution in [1.82, 2.24) is 25.3 Å². The summed E-state index contributed by atoms with van der Waals surface area (Å²) in [5.74, 6) is 0.633. The summed E-state index contributed by atoms with van der Waals surface area (Å²) >= 11 is 6.03. The Labute approximate surface area is 157 Å². The zero-order valence-electron chi connectivity index (χ0n) is 14.9. The molecule has 0 aliphatic carbocycles. The molecule has 1 saturated heterocycles. The first kappa shape index (κ1) is 18.6. The van der Waals surface area contributed by atoms with E-state index in [2.05, 4.69) is 30.2 Å². The van der Waals surface area contributed by atoms with Crippen molar-refractivity contribution < 1.29 is 9.53 Å². The Morgan fingerprint density at radius 1 is 1.42 bits per heavy atom. The normalized spacial score (nSPS) is 20.2. The molecule has 1 aliphatic rings. The van der Waals surface area contributed by atoms with Crippen molar-refractivity contribution in [2.45, 2.75) is 38.8 Å². The number of anilines is 1. The van der Waals surface area contributed by atoms with Crippen LogP contribution in [0, 0.1) is 0 Å². The monoisotopic (exact) mass is 378 g/mol. The minimum atomic E-state index is -0.272. The van der Waals surface area contributed by atoms with Crippen LogP contribution >= 0.6 is 11.6 Å². The third-order valence-electron chi connectivity index (χ3n) is 4.39. The molecule has 2 aromatic heterocycles. The van der Waals surface area contributed by atoms with Gasteiger partial charge in [0.2, 0.25) is 5.95 Å². The van der Waals surface area contributed by atoms with E-state index in [1.165, 1.54) is 0 Å². The van der Waals surface area contributed by atoms with E-state index in [-0.39, 0.29) is 23.9 Å². The van der Waals surface area contributed by atoms with Crippen LogP contribution in [0.25, 0.3) is 0 Å². The number of imidazole rings is 1. The minimum absolute atomic E-state index is 0.114. The SMILES string of the molecule is CCO[C@H]1CN(c2ncccn2)CC[C@H]1NC(=O)c1nc(Cl)c(CC)[nH]1. The highest BCUT2D eigenvalue weighted by Crippen LogP contribution is 2.19. The third-order valence-corrected chi connectivity index (χ3v) is 4.70. The van der Waals surface area contributed by atoms with Crippen molar-refractivity contribution in [3.63, 3.8) is 0 Å². The highest BCUT2D eigenvalue weighted by atomic mass is 35.5. The number of carbonyl (C=O) groups is 1. The van der Waals surface area contributed by atoms with Gasteiger partial charge in [-0.2, -0.15) is 0 Å². The number of nitrogens with one attached hydrogen (secondary N) is 2. The van der Waals surface area contributed by atoms with Gasteiger partial charge in [0, 0.05) is 32.1 Å². The topological polar surface area (TPSA) is 96.0 Å². The zero-order valence-corrected chi connectivity index (χ0v) is 15.7. The average Bonchev–Trinajstić information content (AvgIpc) is 3.05. The van der Waals surface area contributed by atoms with Gasteiger partial charge in [-0.3, -0.25) is 4.79 Å². The Morgan fingerprint density at radius 3 is 2.85 bits per heavy atom. The molecule has 0 aromatic carbocycles. The molecule has 0 bridgehead atoms. The van der Waals surface area contributed by atoms with Crippen LogP contribution in [0.4, 0.5) is 5.95 Å². The molecule has 0 unspecified atom stereocenters. The summed E-state index contributed by atoms with van der Waals surface area (Å²) in [6.07, 6.45) is 4.70. The zero-order chi connectivity index (χ0) is 18.5. The number of rotatable bonds is 6. The van der Waals surface area contributed by atoms with Crippen molar-refractivity contribution in [3.05, 3.63) is 35.1 Å². The van der Waals surface area contributed by atoms with Crippen LogP contribution in [0.2, 0.25) is 5.15 Å². The van der Waals surface area contributed by atoms with Crippen molar-refractivity contribution in [2.75, 3.05) is 24.6 Å². The number of aryl methyl sites for hydroxylation is 1. The van der Waals surface area contributed by atoms with E-state index < -0.39 is 0 Å². The summed E-state index contributed by atoms with van der Waals surface area (Å²) in [5, 5.41) is 3.37. The minimum Gasteiger partial charge on any atom is -0.375 e. The molecule has 1 aliphatic heterocycles. The first-order valence-electron chi connectivity index (χ1n) is 8.81. The molecule has 3 rings (SSSR count). The summed E-state index contributed by atoms with van der Waals surface area (Å²) < 4.78 is 5.87. The molecule has 9 heteroatoms. The van der Waals surface area contributed by atoms with Gasteiger partial charge in [-0.25, -0.2) is 15.0 Å². The van der Waals surface area contributed by atoms with Gasteiger partial charge in [0.25, 0.3) is 5.91 Å². The fourth-order valence-electron chi connectivity index (χ4n) is 3.07. The highest BCUT2D eigenvalue weighted by Gasteiger charge is 2.32. The molecule has 0 radical (unpaired) electrons. The van der Waals surface area contributed by atoms with E-state index >= 15 is 0 Å². The predicted octanol–water partition coefficient (Wildman–Crippen LogP) is 1.83. The number of halogens is 1. The average molecular weight is 379 g/mol. The molecule has 3 heterocycles. The molecule has 140 valence electrons. The number of ether oxygens (including phenoxy) is 1. The molecule has 26 heavy (non-hydrogen) atoms. The van der Waals surface area contributed by atoms with Crippen LogP contribution in [0.5, 0.6) is 0 Å². The van der Waals surface area contributed by atoms with Crippen molar-refractivity contribution in [3.8, 4) is 0 Å². The van der Waals surface area contributed by atoms with Crippen LogP contribution in [-0.4, -0.2) is 57.7 Å². The van der Waals surface area contributed by atoms with E-state index in [1.807, 2.05) is 13.8 Å². The fourth-order valence-corrected chi connectivity index (χ4v) is 3.33. The smallest absolute Gasteiger partial charge is 0.287 e. The van der Waals surface area contributed by atoms with E-state index in [4.69, 9.17) is 16.3 Å². The lowest BCUT2D eigenvalue weighted by Gasteiger charge is -2.38. The second-order valence-corrected chi connectivity index (χ2v) is 6.42. The molecule has 2 N–H and O–H groups in total. The third kappa shape index (κ3) is 4.13. The van der Waals surface area contributed by atoms with Crippen LogP contribution in [0.3, 0.4) is 0 Å². The van der Waals surface area contributed by atoms with Crippen LogP contribution in [-0.2, 0) is 11.2 Å². The molecule has 1 amide bonds. The van der Waals surface area contributed by atoms with Crippen molar-refractivity contribution >= 4 is 23.5 Å². The summed E-state index contributed by atoms with van der Waals surface area (Å²) in [6.45, 7) is 5.80. The summed E-state index contributed by atoms with van der Waals surface area (Å²) in [5.41, 5.74) is 0.759. The Hall–Kier alpha value is -2.19. The first-order chi connectivity index (χ1) is 12.6. The Balaban J connectivity index is 1.67. The quantitative estimate of drug-likeness (QED) is 0.796. The largest absolute Gasteiger partial charge is 0.375 e. The molecule has 2 atom stereocenters. The van der Waals surface area contributed by atoms with E-state index in [1.54, 1.807) is 18.5 Å². The Bertz CT molecular complexity index is 738. The van der Waals surface area contributed by atoms with Gasteiger partial charge in [0.15, 0.2) is 11.0 Å². The van der Waals surface area contributed by atoms with Gasteiger partial charge in [-0.05, 0) is 25.8 Å². The number of nitrogens with zero attached hydrogens (tertiary/aromatic N) is 4. The summed E-state index contributed by atoms with van der Waals surface area (Å²) in [6, 6.07) is 1.67. The van der Waals surface area contributed by atoms with Gasteiger partial charge >= 0.3 is 0 Å². The molecule has 0 saturated carbocycles.